The predicted octanol–water partition coefficient (Wildman–Crippen LogP) is 2.28. The third-order valence-electron chi connectivity index (χ3n) is 2.55. The van der Waals surface area contributed by atoms with Gasteiger partial charge in [-0.3, -0.25) is 0 Å². The van der Waals surface area contributed by atoms with Crippen LogP contribution in [0.5, 0.6) is 0 Å². The van der Waals surface area contributed by atoms with Gasteiger partial charge in [0.05, 0.1) is 5.69 Å². The Morgan fingerprint density at radius 3 is 3.36 bits per heavy atom. The lowest BCUT2D eigenvalue weighted by Gasteiger charge is -2.10. The minimum absolute atomic E-state index is 0.671. The highest BCUT2D eigenvalue weighted by Gasteiger charge is 2.17. The molecule has 2 heterocycles. The van der Waals surface area contributed by atoms with Crippen molar-refractivity contribution >= 4 is 21.5 Å². The third-order valence-corrected chi connectivity index (χ3v) is 3.44. The zero-order chi connectivity index (χ0) is 9.97. The predicted molar refractivity (Wildman–Crippen MR) is 61.6 cm³/mol. The van der Waals surface area contributed by atoms with Gasteiger partial charge in [0.1, 0.15) is 5.00 Å². The molecule has 1 unspecified atom stereocenters. The maximum atomic E-state index is 5.65. The molecule has 3 N–H and O–H groups in total. The number of anilines is 2. The van der Waals surface area contributed by atoms with Crippen LogP contribution >= 0.6 is 11.3 Å². The van der Waals surface area contributed by atoms with Crippen LogP contribution in [0.1, 0.15) is 18.5 Å². The van der Waals surface area contributed by atoms with Crippen LogP contribution < -0.4 is 11.1 Å². The number of rotatable bonds is 2. The average molecular weight is 209 g/mol. The van der Waals surface area contributed by atoms with Gasteiger partial charge in [0, 0.05) is 6.54 Å². The molecule has 0 saturated heterocycles. The Balaban J connectivity index is 2.07. The first-order valence-electron chi connectivity index (χ1n) is 4.89. The van der Waals surface area contributed by atoms with Gasteiger partial charge in [0.15, 0.2) is 5.13 Å². The van der Waals surface area contributed by atoms with Crippen molar-refractivity contribution in [3.8, 4) is 0 Å². The molecule has 0 aliphatic carbocycles. The minimum Gasteiger partial charge on any atom is -0.375 e. The number of aromatic nitrogens is 1. The second kappa shape index (κ2) is 4.00. The largest absolute Gasteiger partial charge is 0.375 e. The fraction of sp³-hybridized carbons (Fsp3) is 0.500. The number of nitrogens with zero attached hydrogens (tertiary/aromatic N) is 1. The van der Waals surface area contributed by atoms with E-state index in [9.17, 15) is 0 Å². The van der Waals surface area contributed by atoms with E-state index in [2.05, 4.69) is 16.9 Å². The number of nitrogens with one attached hydrogen (secondary N) is 1. The van der Waals surface area contributed by atoms with E-state index in [1.165, 1.54) is 6.42 Å². The second-order valence-corrected chi connectivity index (χ2v) is 4.67. The van der Waals surface area contributed by atoms with Crippen LogP contribution in [0.4, 0.5) is 10.1 Å². The Kier molecular flexibility index (Phi) is 2.72. The van der Waals surface area contributed by atoms with Gasteiger partial charge in [0.25, 0.3) is 0 Å². The van der Waals surface area contributed by atoms with Crippen molar-refractivity contribution in [3.05, 3.63) is 18.3 Å². The van der Waals surface area contributed by atoms with Crippen LogP contribution in [-0.2, 0) is 6.42 Å². The summed E-state index contributed by atoms with van der Waals surface area (Å²) in [6.45, 7) is 4.79. The zero-order valence-electron chi connectivity index (χ0n) is 8.12. The van der Waals surface area contributed by atoms with Crippen molar-refractivity contribution in [3.63, 3.8) is 0 Å². The molecule has 3 nitrogen and oxygen atoms in total. The summed E-state index contributed by atoms with van der Waals surface area (Å²) in [5, 5.41) is 5.24. The maximum absolute atomic E-state index is 5.65. The van der Waals surface area contributed by atoms with E-state index in [0.29, 0.717) is 11.0 Å². The molecule has 1 aromatic heterocycles. The van der Waals surface area contributed by atoms with Crippen molar-refractivity contribution < 1.29 is 0 Å². The lowest BCUT2D eigenvalue weighted by molar-refractivity contribution is 0.524. The van der Waals surface area contributed by atoms with E-state index in [1.807, 2.05) is 6.08 Å². The fourth-order valence-corrected chi connectivity index (χ4v) is 2.58. The normalized spacial score (nSPS) is 20.7. The highest BCUT2D eigenvalue weighted by molar-refractivity contribution is 7.19. The Bertz CT molecular complexity index is 307. The van der Waals surface area contributed by atoms with Gasteiger partial charge in [-0.1, -0.05) is 17.4 Å². The van der Waals surface area contributed by atoms with Gasteiger partial charge in [-0.15, -0.1) is 6.58 Å². The summed E-state index contributed by atoms with van der Waals surface area (Å²) in [5.74, 6) is 0.690. The van der Waals surface area contributed by atoms with Crippen molar-refractivity contribution in [1.82, 2.24) is 4.98 Å². The number of thiazole rings is 1. The fourth-order valence-electron chi connectivity index (χ4n) is 1.79. The smallest absolute Gasteiger partial charge is 0.182 e. The first-order chi connectivity index (χ1) is 6.79. The standard InChI is InChI=1S/C10H15N3S/c1-2-3-7-4-5-8-9(12-6-7)14-10(11)13-8/h2,7,12H,1,3-6H2,(H2,11,13). The Morgan fingerprint density at radius 2 is 2.57 bits per heavy atom. The summed E-state index contributed by atoms with van der Waals surface area (Å²) in [4.78, 5) is 4.31. The summed E-state index contributed by atoms with van der Waals surface area (Å²) in [6, 6.07) is 0. The van der Waals surface area contributed by atoms with E-state index < -0.39 is 0 Å². The van der Waals surface area contributed by atoms with Gasteiger partial charge in [0.2, 0.25) is 0 Å². The molecular formula is C10H15N3S. The Morgan fingerprint density at radius 1 is 1.71 bits per heavy atom. The van der Waals surface area contributed by atoms with E-state index in [1.54, 1.807) is 11.3 Å². The molecule has 0 bridgehead atoms. The minimum atomic E-state index is 0.671. The van der Waals surface area contributed by atoms with Crippen LogP contribution in [0.15, 0.2) is 12.7 Å². The second-order valence-electron chi connectivity index (χ2n) is 3.64. The number of nitrogens with two attached hydrogens (primary N) is 1. The molecule has 76 valence electrons. The van der Waals surface area contributed by atoms with Gasteiger partial charge >= 0.3 is 0 Å². The van der Waals surface area contributed by atoms with Crippen LogP contribution in [0.3, 0.4) is 0 Å². The van der Waals surface area contributed by atoms with Crippen molar-refractivity contribution in [2.45, 2.75) is 19.3 Å². The van der Waals surface area contributed by atoms with Crippen molar-refractivity contribution in [1.29, 1.82) is 0 Å². The summed E-state index contributed by atoms with van der Waals surface area (Å²) < 4.78 is 0. The topological polar surface area (TPSA) is 50.9 Å². The first-order valence-corrected chi connectivity index (χ1v) is 5.71. The lowest BCUT2D eigenvalue weighted by Crippen LogP contribution is -2.11. The number of hydrogen-bond acceptors (Lipinski definition) is 4. The molecule has 1 aromatic rings. The molecule has 0 radical (unpaired) electrons. The average Bonchev–Trinajstić information content (AvgIpc) is 2.42. The molecule has 0 fully saturated rings. The highest BCUT2D eigenvalue weighted by Crippen LogP contribution is 2.31. The molecule has 0 aromatic carbocycles. The van der Waals surface area contributed by atoms with Crippen molar-refractivity contribution in [2.24, 2.45) is 5.92 Å². The third kappa shape index (κ3) is 1.90. The Labute approximate surface area is 88.0 Å². The number of aryl methyl sites for hydroxylation is 1. The van der Waals surface area contributed by atoms with E-state index in [4.69, 9.17) is 5.73 Å². The van der Waals surface area contributed by atoms with Crippen molar-refractivity contribution in [2.75, 3.05) is 17.6 Å². The SMILES string of the molecule is C=CCC1CCc2nc(N)sc2NC1. The molecule has 4 heteroatoms. The van der Waals surface area contributed by atoms with E-state index >= 15 is 0 Å². The molecular weight excluding hydrogens is 194 g/mol. The molecule has 1 aliphatic heterocycles. The summed E-state index contributed by atoms with van der Waals surface area (Å²) >= 11 is 1.55. The first kappa shape index (κ1) is 9.52. The van der Waals surface area contributed by atoms with E-state index in [-0.39, 0.29) is 0 Å². The van der Waals surface area contributed by atoms with Crippen LogP contribution in [-0.4, -0.2) is 11.5 Å². The molecule has 14 heavy (non-hydrogen) atoms. The molecule has 0 spiro atoms. The Hall–Kier alpha value is -1.03. The number of allylic oxidation sites excluding steroid dienone is 1. The summed E-state index contributed by atoms with van der Waals surface area (Å²) in [6.07, 6.45) is 5.29. The zero-order valence-corrected chi connectivity index (χ0v) is 8.94. The summed E-state index contributed by atoms with van der Waals surface area (Å²) in [7, 11) is 0. The lowest BCUT2D eigenvalue weighted by atomic mass is 10.00. The number of fused-ring (bicyclic) bond motifs is 1. The van der Waals surface area contributed by atoms with Gasteiger partial charge in [-0.25, -0.2) is 4.98 Å². The number of hydrogen-bond donors (Lipinski definition) is 2. The number of nitrogen functional groups attached to an aromatic ring is 1. The van der Waals surface area contributed by atoms with Crippen LogP contribution in [0, 0.1) is 5.92 Å². The molecule has 2 rings (SSSR count). The van der Waals surface area contributed by atoms with Crippen LogP contribution in [0.25, 0.3) is 0 Å². The van der Waals surface area contributed by atoms with Gasteiger partial charge < -0.3 is 11.1 Å². The van der Waals surface area contributed by atoms with Crippen LogP contribution in [0.2, 0.25) is 0 Å². The summed E-state index contributed by atoms with van der Waals surface area (Å²) in [5.41, 5.74) is 6.79. The highest BCUT2D eigenvalue weighted by atomic mass is 32.1. The maximum Gasteiger partial charge on any atom is 0.182 e. The molecule has 1 aliphatic rings. The molecule has 1 atom stereocenters. The van der Waals surface area contributed by atoms with Gasteiger partial charge in [-0.2, -0.15) is 0 Å². The van der Waals surface area contributed by atoms with Gasteiger partial charge in [-0.05, 0) is 25.2 Å². The monoisotopic (exact) mass is 209 g/mol. The van der Waals surface area contributed by atoms with E-state index in [0.717, 1.165) is 30.1 Å². The molecule has 0 amide bonds. The molecule has 0 saturated carbocycles. The quantitative estimate of drug-likeness (QED) is 0.735.